The van der Waals surface area contributed by atoms with Gasteiger partial charge < -0.3 is 5.11 Å². The van der Waals surface area contributed by atoms with Crippen LogP contribution >= 0.6 is 22.6 Å². The van der Waals surface area contributed by atoms with Crippen LogP contribution in [0.25, 0.3) is 6.08 Å². The van der Waals surface area contributed by atoms with E-state index in [2.05, 4.69) is 42.5 Å². The molecule has 3 rings (SSSR count). The third kappa shape index (κ3) is 2.58. The van der Waals surface area contributed by atoms with Crippen molar-refractivity contribution in [2.75, 3.05) is 0 Å². The molecule has 3 atom stereocenters. The molecule has 116 valence electrons. The van der Waals surface area contributed by atoms with E-state index in [4.69, 9.17) is 0 Å². The number of carbonyl (C=O) groups excluding carboxylic acids is 1. The van der Waals surface area contributed by atoms with Gasteiger partial charge in [-0.15, -0.1) is 0 Å². The van der Waals surface area contributed by atoms with Crippen molar-refractivity contribution in [2.24, 2.45) is 11.3 Å². The smallest absolute Gasteiger partial charge is 0.182 e. The first kappa shape index (κ1) is 15.9. The van der Waals surface area contributed by atoms with Crippen molar-refractivity contribution in [2.45, 2.75) is 39.2 Å². The van der Waals surface area contributed by atoms with E-state index >= 15 is 0 Å². The standard InChI is InChI=1S/C19H21IO2/c1-12-16(10-13-5-3-7-15(20)9-13)17(21)11-14-6-4-8-18(22)19(12,14)2/h3,5,7,9-12,18,22H,4,6,8H2,1-2H3/t12-,18-,19-/m0/s1. The van der Waals surface area contributed by atoms with Crippen LogP contribution in [0.2, 0.25) is 0 Å². The molecular formula is C19H21IO2. The third-order valence-electron chi connectivity index (χ3n) is 5.43. The normalized spacial score (nSPS) is 33.5. The molecule has 0 bridgehead atoms. The highest BCUT2D eigenvalue weighted by molar-refractivity contribution is 14.1. The monoisotopic (exact) mass is 408 g/mol. The van der Waals surface area contributed by atoms with Crippen LogP contribution in [0, 0.1) is 14.9 Å². The summed E-state index contributed by atoms with van der Waals surface area (Å²) in [5, 5.41) is 10.6. The van der Waals surface area contributed by atoms with Gasteiger partial charge in [0, 0.05) is 14.6 Å². The van der Waals surface area contributed by atoms with E-state index in [9.17, 15) is 9.90 Å². The van der Waals surface area contributed by atoms with Crippen LogP contribution in [-0.4, -0.2) is 17.0 Å². The second-order valence-electron chi connectivity index (χ2n) is 6.60. The van der Waals surface area contributed by atoms with Gasteiger partial charge in [-0.3, -0.25) is 4.79 Å². The molecule has 1 N–H and O–H groups in total. The molecule has 0 saturated heterocycles. The lowest BCUT2D eigenvalue weighted by atomic mass is 9.57. The molecule has 0 heterocycles. The van der Waals surface area contributed by atoms with Crippen LogP contribution in [0.3, 0.4) is 0 Å². The van der Waals surface area contributed by atoms with Crippen LogP contribution < -0.4 is 0 Å². The molecule has 0 amide bonds. The van der Waals surface area contributed by atoms with Crippen LogP contribution in [0.1, 0.15) is 38.7 Å². The van der Waals surface area contributed by atoms with E-state index in [1.54, 1.807) is 6.08 Å². The number of allylic oxidation sites excluding steroid dienone is 2. The highest BCUT2D eigenvalue weighted by Gasteiger charge is 2.48. The number of hydrogen-bond acceptors (Lipinski definition) is 2. The lowest BCUT2D eigenvalue weighted by Crippen LogP contribution is -2.46. The van der Waals surface area contributed by atoms with Crippen molar-refractivity contribution >= 4 is 34.5 Å². The minimum atomic E-state index is -0.366. The van der Waals surface area contributed by atoms with Gasteiger partial charge in [0.25, 0.3) is 0 Å². The number of ketones is 1. The number of fused-ring (bicyclic) bond motifs is 1. The molecule has 1 fully saturated rings. The molecular weight excluding hydrogens is 387 g/mol. The van der Waals surface area contributed by atoms with Crippen molar-refractivity contribution < 1.29 is 9.90 Å². The summed E-state index contributed by atoms with van der Waals surface area (Å²) in [6.45, 7) is 4.20. The zero-order valence-electron chi connectivity index (χ0n) is 13.0. The number of hydrogen-bond donors (Lipinski definition) is 1. The zero-order chi connectivity index (χ0) is 15.9. The summed E-state index contributed by atoms with van der Waals surface area (Å²) in [5.74, 6) is 0.140. The fourth-order valence-corrected chi connectivity index (χ4v) is 4.38. The van der Waals surface area contributed by atoms with Gasteiger partial charge in [0.2, 0.25) is 0 Å². The Morgan fingerprint density at radius 3 is 2.91 bits per heavy atom. The van der Waals surface area contributed by atoms with Crippen LogP contribution in [-0.2, 0) is 4.79 Å². The van der Waals surface area contributed by atoms with Gasteiger partial charge in [0.15, 0.2) is 5.78 Å². The van der Waals surface area contributed by atoms with Crippen LogP contribution in [0.5, 0.6) is 0 Å². The van der Waals surface area contributed by atoms with Gasteiger partial charge in [0.1, 0.15) is 0 Å². The summed E-state index contributed by atoms with van der Waals surface area (Å²) in [6.07, 6.45) is 6.13. The summed E-state index contributed by atoms with van der Waals surface area (Å²) < 4.78 is 1.16. The molecule has 2 nitrogen and oxygen atoms in total. The van der Waals surface area contributed by atoms with Gasteiger partial charge in [-0.25, -0.2) is 0 Å². The fraction of sp³-hybridized carbons (Fsp3) is 0.421. The molecule has 22 heavy (non-hydrogen) atoms. The lowest BCUT2D eigenvalue weighted by Gasteiger charge is -2.48. The first-order valence-electron chi connectivity index (χ1n) is 7.83. The van der Waals surface area contributed by atoms with E-state index in [1.807, 2.05) is 24.3 Å². The summed E-state index contributed by atoms with van der Waals surface area (Å²) in [6, 6.07) is 8.14. The van der Waals surface area contributed by atoms with Crippen molar-refractivity contribution in [1.29, 1.82) is 0 Å². The number of rotatable bonds is 1. The Morgan fingerprint density at radius 2 is 2.18 bits per heavy atom. The average Bonchev–Trinajstić information content (AvgIpc) is 2.47. The minimum absolute atomic E-state index is 0.0353. The predicted octanol–water partition coefficient (Wildman–Crippen LogP) is 4.37. The van der Waals surface area contributed by atoms with Gasteiger partial charge >= 0.3 is 0 Å². The maximum absolute atomic E-state index is 12.6. The Bertz CT molecular complexity index is 674. The predicted molar refractivity (Wildman–Crippen MR) is 97.4 cm³/mol. The fourth-order valence-electron chi connectivity index (χ4n) is 3.81. The first-order valence-corrected chi connectivity index (χ1v) is 8.91. The number of aliphatic hydroxyl groups excluding tert-OH is 1. The summed E-state index contributed by atoms with van der Waals surface area (Å²) >= 11 is 2.28. The summed E-state index contributed by atoms with van der Waals surface area (Å²) in [5.41, 5.74) is 2.69. The van der Waals surface area contributed by atoms with Gasteiger partial charge in [-0.05, 0) is 77.6 Å². The molecule has 0 radical (unpaired) electrons. The number of aliphatic hydroxyl groups is 1. The molecule has 0 spiro atoms. The van der Waals surface area contributed by atoms with E-state index in [0.29, 0.717) is 0 Å². The van der Waals surface area contributed by atoms with E-state index in [-0.39, 0.29) is 23.2 Å². The largest absolute Gasteiger partial charge is 0.392 e. The second-order valence-corrected chi connectivity index (χ2v) is 7.85. The molecule has 3 heteroatoms. The molecule has 1 aromatic rings. The maximum Gasteiger partial charge on any atom is 0.182 e. The maximum atomic E-state index is 12.6. The summed E-state index contributed by atoms with van der Waals surface area (Å²) in [7, 11) is 0. The van der Waals surface area contributed by atoms with Gasteiger partial charge in [-0.2, -0.15) is 0 Å². The topological polar surface area (TPSA) is 37.3 Å². The van der Waals surface area contributed by atoms with Crippen LogP contribution in [0.4, 0.5) is 0 Å². The van der Waals surface area contributed by atoms with E-state index < -0.39 is 0 Å². The quantitative estimate of drug-likeness (QED) is 0.554. The molecule has 0 aromatic heterocycles. The number of carbonyl (C=O) groups is 1. The first-order chi connectivity index (χ1) is 10.4. The Balaban J connectivity index is 2.06. The van der Waals surface area contributed by atoms with Gasteiger partial charge in [-0.1, -0.05) is 31.6 Å². The molecule has 2 aliphatic carbocycles. The van der Waals surface area contributed by atoms with Crippen molar-refractivity contribution in [3.8, 4) is 0 Å². The van der Waals surface area contributed by atoms with E-state index in [0.717, 1.165) is 39.5 Å². The number of benzene rings is 1. The third-order valence-corrected chi connectivity index (χ3v) is 6.11. The highest BCUT2D eigenvalue weighted by atomic mass is 127. The number of halogens is 1. The Labute approximate surface area is 145 Å². The SMILES string of the molecule is C[C@H]1C(=Cc2cccc(I)c2)C(=O)C=C2CCC[C@H](O)[C@]21C. The van der Waals surface area contributed by atoms with E-state index in [1.165, 1.54) is 0 Å². The Kier molecular flexibility index (Phi) is 4.29. The highest BCUT2D eigenvalue weighted by Crippen LogP contribution is 2.51. The minimum Gasteiger partial charge on any atom is -0.392 e. The molecule has 2 aliphatic rings. The lowest BCUT2D eigenvalue weighted by molar-refractivity contribution is -0.113. The van der Waals surface area contributed by atoms with Crippen molar-refractivity contribution in [1.82, 2.24) is 0 Å². The molecule has 1 saturated carbocycles. The average molecular weight is 408 g/mol. The van der Waals surface area contributed by atoms with Crippen molar-refractivity contribution in [3.05, 3.63) is 50.6 Å². The van der Waals surface area contributed by atoms with Crippen molar-refractivity contribution in [3.63, 3.8) is 0 Å². The molecule has 0 unspecified atom stereocenters. The van der Waals surface area contributed by atoms with Gasteiger partial charge in [0.05, 0.1) is 6.10 Å². The summed E-state index contributed by atoms with van der Waals surface area (Å²) in [4.78, 5) is 12.6. The second kappa shape index (κ2) is 5.93. The molecule has 1 aromatic carbocycles. The van der Waals surface area contributed by atoms with Crippen LogP contribution in [0.15, 0.2) is 41.5 Å². The Morgan fingerprint density at radius 1 is 1.41 bits per heavy atom. The zero-order valence-corrected chi connectivity index (χ0v) is 15.1. The molecule has 0 aliphatic heterocycles. The Hall–Kier alpha value is -0.940.